The molecule has 0 aromatic heterocycles. The van der Waals surface area contributed by atoms with Gasteiger partial charge >= 0.3 is 6.18 Å². The van der Waals surface area contributed by atoms with Crippen LogP contribution in [0.25, 0.3) is 0 Å². The van der Waals surface area contributed by atoms with Crippen LogP contribution in [0.3, 0.4) is 0 Å². The van der Waals surface area contributed by atoms with Crippen LogP contribution < -0.4 is 5.73 Å². The summed E-state index contributed by atoms with van der Waals surface area (Å²) in [6.45, 7) is 3.51. The molecule has 0 unspecified atom stereocenters. The van der Waals surface area contributed by atoms with Gasteiger partial charge in [-0.1, -0.05) is 6.58 Å². The van der Waals surface area contributed by atoms with Crippen molar-refractivity contribution in [3.63, 3.8) is 0 Å². The molecular weight excluding hydrogens is 167 g/mol. The fraction of sp³-hybridized carbons (Fsp3) is 0.750. The third-order valence-corrected chi connectivity index (χ3v) is 3.31. The fourth-order valence-electron chi connectivity index (χ4n) is 2.43. The van der Waals surface area contributed by atoms with E-state index in [2.05, 4.69) is 6.58 Å². The Kier molecular flexibility index (Phi) is 1.09. The number of alkyl halides is 3. The SMILES string of the molecule is C=C(N)C12CC(C(F)(F)F)(C1)C2. The number of nitrogens with two attached hydrogens (primary N) is 1. The number of halogens is 3. The van der Waals surface area contributed by atoms with Gasteiger partial charge in [-0.05, 0) is 19.3 Å². The van der Waals surface area contributed by atoms with E-state index >= 15 is 0 Å². The van der Waals surface area contributed by atoms with Crippen LogP contribution in [0.1, 0.15) is 19.3 Å². The minimum Gasteiger partial charge on any atom is -0.402 e. The summed E-state index contributed by atoms with van der Waals surface area (Å²) in [6, 6.07) is 0. The van der Waals surface area contributed by atoms with Crippen molar-refractivity contribution in [1.29, 1.82) is 0 Å². The van der Waals surface area contributed by atoms with Crippen molar-refractivity contribution in [2.75, 3.05) is 0 Å². The highest BCUT2D eigenvalue weighted by Gasteiger charge is 2.78. The van der Waals surface area contributed by atoms with Crippen molar-refractivity contribution in [2.24, 2.45) is 16.6 Å². The van der Waals surface area contributed by atoms with E-state index in [0.717, 1.165) is 0 Å². The second-order valence-corrected chi connectivity index (χ2v) is 4.11. The fourth-order valence-corrected chi connectivity index (χ4v) is 2.43. The van der Waals surface area contributed by atoms with Crippen LogP contribution >= 0.6 is 0 Å². The first-order valence-corrected chi connectivity index (χ1v) is 3.83. The summed E-state index contributed by atoms with van der Waals surface area (Å²) in [5.41, 5.74) is 4.09. The first-order valence-electron chi connectivity index (χ1n) is 3.83. The predicted octanol–water partition coefficient (Wildman–Crippen LogP) is 2.19. The molecule has 3 fully saturated rings. The van der Waals surface area contributed by atoms with Gasteiger partial charge in [-0.2, -0.15) is 13.2 Å². The van der Waals surface area contributed by atoms with Gasteiger partial charge in [0.15, 0.2) is 0 Å². The Hall–Kier alpha value is -0.670. The lowest BCUT2D eigenvalue weighted by Gasteiger charge is -2.70. The van der Waals surface area contributed by atoms with Gasteiger partial charge in [0.25, 0.3) is 0 Å². The molecular formula is C8H10F3N. The van der Waals surface area contributed by atoms with Crippen molar-refractivity contribution in [1.82, 2.24) is 0 Å². The molecule has 2 N–H and O–H groups in total. The van der Waals surface area contributed by atoms with Crippen LogP contribution in [0.4, 0.5) is 13.2 Å². The Labute approximate surface area is 68.4 Å². The molecule has 3 aliphatic rings. The molecule has 12 heavy (non-hydrogen) atoms. The molecule has 0 aliphatic heterocycles. The molecule has 3 saturated carbocycles. The van der Waals surface area contributed by atoms with E-state index in [-0.39, 0.29) is 24.7 Å². The molecule has 0 aromatic carbocycles. The molecule has 1 nitrogen and oxygen atoms in total. The lowest BCUT2D eigenvalue weighted by atomic mass is 9.34. The lowest BCUT2D eigenvalue weighted by Crippen LogP contribution is -2.69. The average Bonchev–Trinajstić information content (AvgIpc) is 1.46. The molecule has 0 heterocycles. The zero-order chi connectivity index (χ0) is 9.20. The molecule has 3 aliphatic carbocycles. The molecule has 0 aromatic rings. The monoisotopic (exact) mass is 177 g/mol. The Morgan fingerprint density at radius 3 is 1.92 bits per heavy atom. The highest BCUT2D eigenvalue weighted by atomic mass is 19.4. The molecule has 68 valence electrons. The van der Waals surface area contributed by atoms with Crippen LogP contribution in [-0.2, 0) is 0 Å². The smallest absolute Gasteiger partial charge is 0.394 e. The summed E-state index contributed by atoms with van der Waals surface area (Å²) < 4.78 is 36.9. The zero-order valence-corrected chi connectivity index (χ0v) is 6.54. The van der Waals surface area contributed by atoms with Gasteiger partial charge < -0.3 is 5.73 Å². The quantitative estimate of drug-likeness (QED) is 0.652. The minimum atomic E-state index is -4.04. The van der Waals surface area contributed by atoms with E-state index in [4.69, 9.17) is 5.73 Å². The summed E-state index contributed by atoms with van der Waals surface area (Å²) >= 11 is 0. The summed E-state index contributed by atoms with van der Waals surface area (Å²) in [5, 5.41) is 0. The molecule has 2 bridgehead atoms. The van der Waals surface area contributed by atoms with Crippen molar-refractivity contribution in [3.8, 4) is 0 Å². The van der Waals surface area contributed by atoms with Crippen molar-refractivity contribution >= 4 is 0 Å². The Bertz CT molecular complexity index is 234. The molecule has 3 rings (SSSR count). The summed E-state index contributed by atoms with van der Waals surface area (Å²) in [5.74, 6) is 0. The van der Waals surface area contributed by atoms with Crippen molar-refractivity contribution in [3.05, 3.63) is 12.3 Å². The molecule has 4 heteroatoms. The maximum atomic E-state index is 12.3. The first-order chi connectivity index (χ1) is 5.31. The standard InChI is InChI=1S/C8H10F3N/c1-5(12)6-2-7(3-6,4-6)8(9,10)11/h1-4,12H2. The number of hydrogen-bond acceptors (Lipinski definition) is 1. The predicted molar refractivity (Wildman–Crippen MR) is 38.1 cm³/mol. The average molecular weight is 177 g/mol. The van der Waals surface area contributed by atoms with Gasteiger partial charge in [-0.25, -0.2) is 0 Å². The van der Waals surface area contributed by atoms with E-state index < -0.39 is 11.6 Å². The first kappa shape index (κ1) is 7.95. The van der Waals surface area contributed by atoms with Gasteiger partial charge in [0.05, 0.1) is 5.41 Å². The summed E-state index contributed by atoms with van der Waals surface area (Å²) in [7, 11) is 0. The number of rotatable bonds is 1. The third kappa shape index (κ3) is 0.619. The summed E-state index contributed by atoms with van der Waals surface area (Å²) in [4.78, 5) is 0. The summed E-state index contributed by atoms with van der Waals surface area (Å²) in [6.07, 6.45) is -3.54. The largest absolute Gasteiger partial charge is 0.402 e. The maximum absolute atomic E-state index is 12.3. The lowest BCUT2D eigenvalue weighted by molar-refractivity contribution is -0.352. The van der Waals surface area contributed by atoms with E-state index in [1.807, 2.05) is 0 Å². The van der Waals surface area contributed by atoms with E-state index in [0.29, 0.717) is 5.70 Å². The normalized spacial score (nSPS) is 44.6. The minimum absolute atomic E-state index is 0.166. The van der Waals surface area contributed by atoms with Gasteiger partial charge in [0.2, 0.25) is 0 Å². The highest BCUT2D eigenvalue weighted by molar-refractivity contribution is 5.30. The molecule has 0 radical (unpaired) electrons. The van der Waals surface area contributed by atoms with Crippen LogP contribution in [0.15, 0.2) is 12.3 Å². The van der Waals surface area contributed by atoms with Gasteiger partial charge in [-0.15, -0.1) is 0 Å². The number of hydrogen-bond donors (Lipinski definition) is 1. The third-order valence-electron chi connectivity index (χ3n) is 3.31. The zero-order valence-electron chi connectivity index (χ0n) is 6.54. The van der Waals surface area contributed by atoms with Crippen LogP contribution in [-0.4, -0.2) is 6.18 Å². The van der Waals surface area contributed by atoms with E-state index in [1.54, 1.807) is 0 Å². The van der Waals surface area contributed by atoms with Gasteiger partial charge in [0, 0.05) is 11.1 Å². The van der Waals surface area contributed by atoms with Crippen LogP contribution in [0, 0.1) is 10.8 Å². The van der Waals surface area contributed by atoms with E-state index in [1.165, 1.54) is 0 Å². The second kappa shape index (κ2) is 1.65. The van der Waals surface area contributed by atoms with Crippen LogP contribution in [0.5, 0.6) is 0 Å². The maximum Gasteiger partial charge on any atom is 0.394 e. The molecule has 0 saturated heterocycles. The number of allylic oxidation sites excluding steroid dienone is 1. The van der Waals surface area contributed by atoms with Crippen molar-refractivity contribution in [2.45, 2.75) is 25.4 Å². The van der Waals surface area contributed by atoms with Gasteiger partial charge in [0.1, 0.15) is 0 Å². The Morgan fingerprint density at radius 2 is 1.67 bits per heavy atom. The highest BCUT2D eigenvalue weighted by Crippen LogP contribution is 2.79. The second-order valence-electron chi connectivity index (χ2n) is 4.11. The Morgan fingerprint density at radius 1 is 1.25 bits per heavy atom. The van der Waals surface area contributed by atoms with E-state index in [9.17, 15) is 13.2 Å². The molecule has 0 atom stereocenters. The van der Waals surface area contributed by atoms with Gasteiger partial charge in [-0.3, -0.25) is 0 Å². The molecule has 0 amide bonds. The Balaban J connectivity index is 2.09. The topological polar surface area (TPSA) is 26.0 Å². The van der Waals surface area contributed by atoms with Crippen LogP contribution in [0.2, 0.25) is 0 Å². The molecule has 0 spiro atoms. The van der Waals surface area contributed by atoms with Crippen molar-refractivity contribution < 1.29 is 13.2 Å².